The Kier molecular flexibility index (Phi) is 6.12. The third-order valence-electron chi connectivity index (χ3n) is 2.55. The zero-order valence-corrected chi connectivity index (χ0v) is 10.7. The van der Waals surface area contributed by atoms with Crippen LogP contribution in [-0.4, -0.2) is 18.4 Å². The van der Waals surface area contributed by atoms with Gasteiger partial charge in [0.25, 0.3) is 0 Å². The van der Waals surface area contributed by atoms with Crippen LogP contribution >= 0.6 is 0 Å². The van der Waals surface area contributed by atoms with Crippen LogP contribution < -0.4 is 0 Å². The number of halogens is 2. The number of unbranched alkanes of at least 4 members (excludes halogenated alkanes) is 1. The van der Waals surface area contributed by atoms with Crippen molar-refractivity contribution in [2.45, 2.75) is 32.6 Å². The van der Waals surface area contributed by atoms with Crippen molar-refractivity contribution >= 4 is 11.8 Å². The first kappa shape index (κ1) is 15.3. The van der Waals surface area contributed by atoms with Gasteiger partial charge in [-0.2, -0.15) is 0 Å². The Hall–Kier alpha value is -1.78. The molecular weight excluding hydrogens is 254 g/mol. The molecule has 0 bridgehead atoms. The highest BCUT2D eigenvalue weighted by Gasteiger charge is 2.14. The maximum atomic E-state index is 13.3. The van der Waals surface area contributed by atoms with Gasteiger partial charge >= 0.3 is 5.97 Å². The van der Waals surface area contributed by atoms with E-state index in [2.05, 4.69) is 0 Å². The maximum absolute atomic E-state index is 13.3. The standard InChI is InChI=1S/C14H16F2O3/c1-2-3-8-19-14(18)7-6-13(17)11-5-4-10(15)9-12(11)16/h4-5,9H,2-3,6-8H2,1H3. The van der Waals surface area contributed by atoms with Crippen LogP contribution in [-0.2, 0) is 9.53 Å². The topological polar surface area (TPSA) is 43.4 Å². The van der Waals surface area contributed by atoms with Crippen molar-refractivity contribution in [2.24, 2.45) is 0 Å². The summed E-state index contributed by atoms with van der Waals surface area (Å²) in [5.41, 5.74) is -0.206. The molecule has 0 aliphatic rings. The summed E-state index contributed by atoms with van der Waals surface area (Å²) in [7, 11) is 0. The summed E-state index contributed by atoms with van der Waals surface area (Å²) in [5.74, 6) is -2.67. The van der Waals surface area contributed by atoms with E-state index in [1.165, 1.54) is 0 Å². The smallest absolute Gasteiger partial charge is 0.306 e. The largest absolute Gasteiger partial charge is 0.466 e. The monoisotopic (exact) mass is 270 g/mol. The molecule has 0 heterocycles. The summed E-state index contributed by atoms with van der Waals surface area (Å²) in [6, 6.07) is 2.73. The zero-order valence-electron chi connectivity index (χ0n) is 10.7. The van der Waals surface area contributed by atoms with Crippen LogP contribution in [0.5, 0.6) is 0 Å². The fourth-order valence-electron chi connectivity index (χ4n) is 1.47. The fourth-order valence-corrected chi connectivity index (χ4v) is 1.47. The Morgan fingerprint density at radius 2 is 1.95 bits per heavy atom. The molecule has 1 aromatic carbocycles. The Morgan fingerprint density at radius 1 is 1.21 bits per heavy atom. The Labute approximate surface area is 110 Å². The summed E-state index contributed by atoms with van der Waals surface area (Å²) >= 11 is 0. The van der Waals surface area contributed by atoms with Gasteiger partial charge in [-0.25, -0.2) is 8.78 Å². The number of rotatable bonds is 7. The summed E-state index contributed by atoms with van der Waals surface area (Å²) in [6.07, 6.45) is 1.44. The van der Waals surface area contributed by atoms with E-state index in [-0.39, 0.29) is 18.4 Å². The first-order valence-corrected chi connectivity index (χ1v) is 6.18. The molecule has 0 saturated heterocycles. The molecular formula is C14H16F2O3. The van der Waals surface area contributed by atoms with Crippen molar-refractivity contribution in [2.75, 3.05) is 6.61 Å². The van der Waals surface area contributed by atoms with E-state index in [0.29, 0.717) is 12.7 Å². The lowest BCUT2D eigenvalue weighted by Crippen LogP contribution is -2.10. The first-order valence-electron chi connectivity index (χ1n) is 6.18. The van der Waals surface area contributed by atoms with Crippen molar-refractivity contribution in [1.82, 2.24) is 0 Å². The van der Waals surface area contributed by atoms with Gasteiger partial charge in [0.2, 0.25) is 0 Å². The van der Waals surface area contributed by atoms with E-state index < -0.39 is 23.4 Å². The molecule has 0 amide bonds. The zero-order chi connectivity index (χ0) is 14.3. The van der Waals surface area contributed by atoms with E-state index in [1.54, 1.807) is 0 Å². The van der Waals surface area contributed by atoms with Crippen LogP contribution in [0.2, 0.25) is 0 Å². The van der Waals surface area contributed by atoms with E-state index in [9.17, 15) is 18.4 Å². The van der Waals surface area contributed by atoms with E-state index in [1.807, 2.05) is 6.92 Å². The Morgan fingerprint density at radius 3 is 2.58 bits per heavy atom. The number of carbonyl (C=O) groups is 2. The molecule has 0 aliphatic heterocycles. The normalized spacial score (nSPS) is 10.3. The van der Waals surface area contributed by atoms with Crippen molar-refractivity contribution in [3.05, 3.63) is 35.4 Å². The van der Waals surface area contributed by atoms with Gasteiger partial charge in [0, 0.05) is 12.5 Å². The molecule has 0 saturated carbocycles. The molecule has 1 aromatic rings. The van der Waals surface area contributed by atoms with Gasteiger partial charge in [0.05, 0.1) is 18.6 Å². The van der Waals surface area contributed by atoms with Gasteiger partial charge in [-0.3, -0.25) is 9.59 Å². The van der Waals surface area contributed by atoms with Crippen molar-refractivity contribution in [3.8, 4) is 0 Å². The second-order valence-corrected chi connectivity index (χ2v) is 4.12. The minimum absolute atomic E-state index is 0.0979. The van der Waals surface area contributed by atoms with Crippen LogP contribution in [0.4, 0.5) is 8.78 Å². The molecule has 3 nitrogen and oxygen atoms in total. The number of hydrogen-bond donors (Lipinski definition) is 0. The molecule has 0 fully saturated rings. The van der Waals surface area contributed by atoms with Crippen molar-refractivity contribution < 1.29 is 23.1 Å². The highest BCUT2D eigenvalue weighted by atomic mass is 19.1. The Balaban J connectivity index is 2.45. The fraction of sp³-hybridized carbons (Fsp3) is 0.429. The van der Waals surface area contributed by atoms with Crippen LogP contribution in [0.3, 0.4) is 0 Å². The van der Waals surface area contributed by atoms with Gasteiger partial charge in [0.15, 0.2) is 5.78 Å². The minimum Gasteiger partial charge on any atom is -0.466 e. The number of Topliss-reactive ketones (excluding diaryl/α,β-unsaturated/α-hetero) is 1. The van der Waals surface area contributed by atoms with Gasteiger partial charge in [0.1, 0.15) is 11.6 Å². The number of esters is 1. The van der Waals surface area contributed by atoms with E-state index in [4.69, 9.17) is 4.74 Å². The summed E-state index contributed by atoms with van der Waals surface area (Å²) < 4.78 is 30.8. The highest BCUT2D eigenvalue weighted by Crippen LogP contribution is 2.13. The molecule has 1 rings (SSSR count). The second-order valence-electron chi connectivity index (χ2n) is 4.12. The molecule has 0 spiro atoms. The summed E-state index contributed by atoms with van der Waals surface area (Å²) in [4.78, 5) is 22.9. The predicted octanol–water partition coefficient (Wildman–Crippen LogP) is 3.27. The number of benzene rings is 1. The van der Waals surface area contributed by atoms with Crippen molar-refractivity contribution in [1.29, 1.82) is 0 Å². The molecule has 0 N–H and O–H groups in total. The number of hydrogen-bond acceptors (Lipinski definition) is 3. The SMILES string of the molecule is CCCCOC(=O)CCC(=O)c1ccc(F)cc1F. The van der Waals surface area contributed by atoms with E-state index >= 15 is 0 Å². The lowest BCUT2D eigenvalue weighted by molar-refractivity contribution is -0.143. The average Bonchev–Trinajstić information content (AvgIpc) is 2.36. The molecule has 104 valence electrons. The third-order valence-corrected chi connectivity index (χ3v) is 2.55. The van der Waals surface area contributed by atoms with Crippen molar-refractivity contribution in [3.63, 3.8) is 0 Å². The molecule has 0 radical (unpaired) electrons. The van der Waals surface area contributed by atoms with Gasteiger partial charge in [-0.15, -0.1) is 0 Å². The second kappa shape index (κ2) is 7.61. The third kappa shape index (κ3) is 5.16. The van der Waals surface area contributed by atoms with Crippen LogP contribution in [0.15, 0.2) is 18.2 Å². The average molecular weight is 270 g/mol. The predicted molar refractivity (Wildman–Crippen MR) is 65.8 cm³/mol. The van der Waals surface area contributed by atoms with Gasteiger partial charge in [-0.05, 0) is 18.6 Å². The molecule has 0 atom stereocenters. The molecule has 0 aliphatic carbocycles. The summed E-state index contributed by atoms with van der Waals surface area (Å²) in [5, 5.41) is 0. The lowest BCUT2D eigenvalue weighted by Gasteiger charge is -2.04. The summed E-state index contributed by atoms with van der Waals surface area (Å²) in [6.45, 7) is 2.29. The number of carbonyl (C=O) groups excluding carboxylic acids is 2. The van der Waals surface area contributed by atoms with Crippen LogP contribution in [0, 0.1) is 11.6 Å². The first-order chi connectivity index (χ1) is 9.04. The quantitative estimate of drug-likeness (QED) is 0.434. The Bertz CT molecular complexity index is 458. The number of ether oxygens (including phenoxy) is 1. The molecule has 19 heavy (non-hydrogen) atoms. The van der Waals surface area contributed by atoms with Gasteiger partial charge in [-0.1, -0.05) is 13.3 Å². The van der Waals surface area contributed by atoms with Crippen LogP contribution in [0.25, 0.3) is 0 Å². The van der Waals surface area contributed by atoms with Crippen LogP contribution in [0.1, 0.15) is 43.0 Å². The highest BCUT2D eigenvalue weighted by molar-refractivity contribution is 5.97. The lowest BCUT2D eigenvalue weighted by atomic mass is 10.1. The van der Waals surface area contributed by atoms with Gasteiger partial charge < -0.3 is 4.74 Å². The minimum atomic E-state index is -0.913. The van der Waals surface area contributed by atoms with E-state index in [0.717, 1.165) is 25.0 Å². The maximum Gasteiger partial charge on any atom is 0.306 e. The molecule has 5 heteroatoms. The number of ketones is 1. The molecule has 0 unspecified atom stereocenters. The molecule has 0 aromatic heterocycles.